The van der Waals surface area contributed by atoms with Crippen LogP contribution >= 0.6 is 7.80 Å². The van der Waals surface area contributed by atoms with Crippen LogP contribution in [0.3, 0.4) is 0 Å². The Balaban J connectivity index is 3.82. The van der Waals surface area contributed by atoms with Crippen LogP contribution in [-0.4, -0.2) is 21.9 Å². The van der Waals surface area contributed by atoms with E-state index in [1.54, 1.807) is 6.92 Å². The zero-order valence-corrected chi connectivity index (χ0v) is 7.97. The summed E-state index contributed by atoms with van der Waals surface area (Å²) in [6, 6.07) is 0. The van der Waals surface area contributed by atoms with Crippen LogP contribution in [0.1, 0.15) is 33.1 Å². The molecule has 0 aliphatic rings. The fourth-order valence-corrected chi connectivity index (χ4v) is 1.97. The summed E-state index contributed by atoms with van der Waals surface area (Å²) in [5.74, 6) is 0. The van der Waals surface area contributed by atoms with Crippen LogP contribution in [0.2, 0.25) is 0 Å². The molecule has 0 bridgehead atoms. The summed E-state index contributed by atoms with van der Waals surface area (Å²) >= 11 is 0. The van der Waals surface area contributed by atoms with E-state index in [1.165, 1.54) is 0 Å². The normalized spacial score (nSPS) is 13.3. The molecule has 2 N–H and O–H groups in total. The molecule has 0 aromatic carbocycles. The second-order valence-electron chi connectivity index (χ2n) is 2.58. The number of hydrogen-bond donors (Lipinski definition) is 2. The van der Waals surface area contributed by atoms with E-state index in [9.17, 15) is 4.57 Å². The molecular weight excluding hydrogens is 163 g/mol. The van der Waals surface area contributed by atoms with E-state index >= 15 is 0 Å². The Hall–Kier alpha value is 0.0200. The minimum atomic E-state index is -1.94. The fourth-order valence-electron chi connectivity index (χ4n) is 0.657. The molecule has 0 radical (unpaired) electrons. The molecule has 11 heavy (non-hydrogen) atoms. The molecule has 0 heterocycles. The quantitative estimate of drug-likeness (QED) is 0.498. The smallest absolute Gasteiger partial charge is 0.326 e. The maximum absolute atomic E-state index is 11.1. The molecule has 4 heteroatoms. The van der Waals surface area contributed by atoms with Crippen molar-refractivity contribution in [2.45, 2.75) is 38.6 Å². The highest BCUT2D eigenvalue weighted by Gasteiger charge is 2.42. The van der Waals surface area contributed by atoms with E-state index in [-0.39, 0.29) is 6.42 Å². The van der Waals surface area contributed by atoms with Gasteiger partial charge in [0.05, 0.1) is 0 Å². The van der Waals surface area contributed by atoms with Crippen molar-refractivity contribution in [1.82, 2.24) is 0 Å². The molecule has 0 rings (SSSR count). The van der Waals surface area contributed by atoms with Gasteiger partial charge in [-0.15, -0.1) is 0 Å². The maximum atomic E-state index is 11.1. The topological polar surface area (TPSA) is 57.5 Å². The monoisotopic (exact) mass is 179 g/mol. The summed E-state index contributed by atoms with van der Waals surface area (Å²) < 4.78 is 11.1. The van der Waals surface area contributed by atoms with E-state index in [2.05, 4.69) is 0 Å². The molecule has 0 saturated carbocycles. The molecule has 0 aliphatic carbocycles. The van der Waals surface area contributed by atoms with Crippen molar-refractivity contribution >= 4 is 7.80 Å². The summed E-state index contributed by atoms with van der Waals surface area (Å²) in [6.45, 7) is 3.59. The van der Waals surface area contributed by atoms with Gasteiger partial charge < -0.3 is 10.2 Å². The molecule has 0 spiro atoms. The zero-order chi connectivity index (χ0) is 8.91. The molecule has 1 atom stereocenters. The Kier molecular flexibility index (Phi) is 4.82. The second-order valence-corrected chi connectivity index (χ2v) is 4.50. The van der Waals surface area contributed by atoms with E-state index < -0.39 is 13.3 Å². The summed E-state index contributed by atoms with van der Waals surface area (Å²) in [6.07, 6.45) is 2.26. The standard InChI is InChI=1S/C7H16O3P/c1-3-5-6-11(10)7(8,9)4-2/h8-9H,3-6H2,1-2H3/q+1. The third kappa shape index (κ3) is 3.80. The van der Waals surface area contributed by atoms with Crippen LogP contribution in [0.5, 0.6) is 0 Å². The van der Waals surface area contributed by atoms with Gasteiger partial charge in [-0.1, -0.05) is 24.8 Å². The number of rotatable bonds is 5. The van der Waals surface area contributed by atoms with Crippen molar-refractivity contribution in [3.05, 3.63) is 0 Å². The van der Waals surface area contributed by atoms with Crippen LogP contribution in [0.15, 0.2) is 0 Å². The highest BCUT2D eigenvalue weighted by Crippen LogP contribution is 2.37. The van der Waals surface area contributed by atoms with Crippen molar-refractivity contribution in [3.63, 3.8) is 0 Å². The van der Waals surface area contributed by atoms with Crippen LogP contribution in [-0.2, 0) is 4.57 Å². The molecule has 0 aromatic heterocycles. The largest absolute Gasteiger partial charge is 0.404 e. The van der Waals surface area contributed by atoms with E-state index in [0.29, 0.717) is 6.16 Å². The first kappa shape index (κ1) is 11.0. The van der Waals surface area contributed by atoms with Gasteiger partial charge >= 0.3 is 13.3 Å². The van der Waals surface area contributed by atoms with E-state index in [1.807, 2.05) is 6.92 Å². The van der Waals surface area contributed by atoms with Crippen molar-refractivity contribution in [3.8, 4) is 0 Å². The van der Waals surface area contributed by atoms with Gasteiger partial charge in [0.1, 0.15) is 0 Å². The third-order valence-corrected chi connectivity index (χ3v) is 3.43. The lowest BCUT2D eigenvalue weighted by Gasteiger charge is -2.06. The Labute approximate surface area is 68.2 Å². The first-order valence-corrected chi connectivity index (χ1v) is 5.38. The van der Waals surface area contributed by atoms with Gasteiger partial charge in [0.25, 0.3) is 0 Å². The second kappa shape index (κ2) is 4.81. The zero-order valence-electron chi connectivity index (χ0n) is 7.08. The number of aliphatic hydroxyl groups is 2. The molecule has 0 amide bonds. The number of hydrogen-bond acceptors (Lipinski definition) is 3. The molecule has 3 nitrogen and oxygen atoms in total. The van der Waals surface area contributed by atoms with Crippen molar-refractivity contribution < 1.29 is 14.8 Å². The molecular formula is C7H16O3P+. The van der Waals surface area contributed by atoms with Gasteiger partial charge in [-0.25, -0.2) is 0 Å². The third-order valence-electron chi connectivity index (χ3n) is 1.59. The first-order chi connectivity index (χ1) is 5.04. The van der Waals surface area contributed by atoms with Gasteiger partial charge in [-0.3, -0.25) is 0 Å². The van der Waals surface area contributed by atoms with Gasteiger partial charge in [-0.05, 0) is 6.42 Å². The van der Waals surface area contributed by atoms with Crippen molar-refractivity contribution in [1.29, 1.82) is 0 Å². The summed E-state index contributed by atoms with van der Waals surface area (Å²) in [7, 11) is -1.87. The lowest BCUT2D eigenvalue weighted by Crippen LogP contribution is -2.22. The predicted molar refractivity (Wildman–Crippen MR) is 44.8 cm³/mol. The highest BCUT2D eigenvalue weighted by atomic mass is 31.1. The van der Waals surface area contributed by atoms with Gasteiger partial charge in [0, 0.05) is 6.42 Å². The summed E-state index contributed by atoms with van der Waals surface area (Å²) in [5, 5.41) is 18.2. The summed E-state index contributed by atoms with van der Waals surface area (Å²) in [5.41, 5.74) is -1.94. The Morgan fingerprint density at radius 1 is 1.36 bits per heavy atom. The highest BCUT2D eigenvalue weighted by molar-refractivity contribution is 7.45. The molecule has 0 saturated heterocycles. The first-order valence-electron chi connectivity index (χ1n) is 3.94. The predicted octanol–water partition coefficient (Wildman–Crippen LogP) is 1.66. The van der Waals surface area contributed by atoms with E-state index in [4.69, 9.17) is 10.2 Å². The average molecular weight is 179 g/mol. The van der Waals surface area contributed by atoms with Crippen molar-refractivity contribution in [2.24, 2.45) is 0 Å². The van der Waals surface area contributed by atoms with Crippen LogP contribution in [0.25, 0.3) is 0 Å². The van der Waals surface area contributed by atoms with Crippen LogP contribution in [0.4, 0.5) is 0 Å². The number of unbranched alkanes of at least 4 members (excludes halogenated alkanes) is 1. The SMILES string of the molecule is CCCC[P+](=O)C(O)(O)CC. The van der Waals surface area contributed by atoms with Crippen LogP contribution in [0, 0.1) is 0 Å². The van der Waals surface area contributed by atoms with Gasteiger partial charge in [0.2, 0.25) is 0 Å². The van der Waals surface area contributed by atoms with E-state index in [0.717, 1.165) is 12.8 Å². The van der Waals surface area contributed by atoms with Gasteiger partial charge in [-0.2, -0.15) is 0 Å². The maximum Gasteiger partial charge on any atom is 0.404 e. The van der Waals surface area contributed by atoms with Gasteiger partial charge in [0.15, 0.2) is 6.16 Å². The van der Waals surface area contributed by atoms with Crippen molar-refractivity contribution in [2.75, 3.05) is 6.16 Å². The molecule has 66 valence electrons. The Morgan fingerprint density at radius 3 is 2.27 bits per heavy atom. The van der Waals surface area contributed by atoms with Crippen LogP contribution < -0.4 is 0 Å². The average Bonchev–Trinajstić information content (AvgIpc) is 2.00. The minimum Gasteiger partial charge on any atom is -0.326 e. The Morgan fingerprint density at radius 2 is 1.91 bits per heavy atom. The molecule has 0 fully saturated rings. The molecule has 1 unspecified atom stereocenters. The lowest BCUT2D eigenvalue weighted by molar-refractivity contribution is -0.0859. The lowest BCUT2D eigenvalue weighted by atomic mass is 10.4. The molecule has 0 aliphatic heterocycles. The minimum absolute atomic E-state index is 0.131. The molecule has 0 aromatic rings. The summed E-state index contributed by atoms with van der Waals surface area (Å²) in [4.78, 5) is 0. The Bertz CT molecular complexity index is 134. The fraction of sp³-hybridized carbons (Fsp3) is 1.00.